The highest BCUT2D eigenvalue weighted by atomic mass is 15.4. The van der Waals surface area contributed by atoms with Gasteiger partial charge in [0.15, 0.2) is 5.65 Å². The van der Waals surface area contributed by atoms with Crippen molar-refractivity contribution >= 4 is 23.4 Å². The van der Waals surface area contributed by atoms with Crippen molar-refractivity contribution < 1.29 is 0 Å². The van der Waals surface area contributed by atoms with E-state index in [1.165, 1.54) is 10.8 Å². The Labute approximate surface area is 182 Å². The first-order valence-corrected chi connectivity index (χ1v) is 9.66. The number of nitriles is 1. The van der Waals surface area contributed by atoms with Crippen LogP contribution in [0.4, 0.5) is 17.7 Å². The van der Waals surface area contributed by atoms with Gasteiger partial charge in [0.05, 0.1) is 28.6 Å². The zero-order valence-corrected chi connectivity index (χ0v) is 16.9. The summed E-state index contributed by atoms with van der Waals surface area (Å²) in [5.41, 5.74) is 10.6. The van der Waals surface area contributed by atoms with E-state index in [1.807, 2.05) is 31.2 Å². The minimum absolute atomic E-state index is 0.146. The summed E-state index contributed by atoms with van der Waals surface area (Å²) in [6.45, 7) is 1.90. The van der Waals surface area contributed by atoms with Crippen LogP contribution in [0.5, 0.6) is 0 Å². The Hall–Kier alpha value is -4.91. The quantitative estimate of drug-likeness (QED) is 0.448. The molecule has 0 fully saturated rings. The molecule has 0 amide bonds. The first-order chi connectivity index (χ1) is 15.6. The molecule has 10 heteroatoms. The maximum Gasteiger partial charge on any atom is 0.248 e. The molecular formula is C22H16N10. The lowest BCUT2D eigenvalue weighted by atomic mass is 10.0. The number of nitrogen functional groups attached to an aromatic ring is 1. The molecule has 0 aliphatic rings. The van der Waals surface area contributed by atoms with Crippen LogP contribution in [0.25, 0.3) is 28.2 Å². The van der Waals surface area contributed by atoms with Crippen LogP contribution < -0.4 is 11.1 Å². The van der Waals surface area contributed by atoms with Gasteiger partial charge in [-0.05, 0) is 37.3 Å². The van der Waals surface area contributed by atoms with Crippen molar-refractivity contribution in [3.63, 3.8) is 0 Å². The van der Waals surface area contributed by atoms with Gasteiger partial charge in [-0.1, -0.05) is 18.2 Å². The minimum Gasteiger partial charge on any atom is -0.368 e. The Kier molecular flexibility index (Phi) is 4.61. The smallest absolute Gasteiger partial charge is 0.248 e. The summed E-state index contributed by atoms with van der Waals surface area (Å²) >= 11 is 0. The summed E-state index contributed by atoms with van der Waals surface area (Å²) in [7, 11) is 0. The third-order valence-corrected chi connectivity index (χ3v) is 4.74. The molecule has 0 radical (unpaired) electrons. The number of hydrogen-bond donors (Lipinski definition) is 2. The number of anilines is 3. The van der Waals surface area contributed by atoms with Crippen molar-refractivity contribution in [1.82, 2.24) is 34.5 Å². The van der Waals surface area contributed by atoms with Gasteiger partial charge in [0.25, 0.3) is 0 Å². The lowest BCUT2D eigenvalue weighted by Crippen LogP contribution is -2.06. The summed E-state index contributed by atoms with van der Waals surface area (Å²) in [5.74, 6) is 1.07. The fraction of sp³-hybridized carbons (Fsp3) is 0.0455. The predicted octanol–water partition coefficient (Wildman–Crippen LogP) is 3.15. The van der Waals surface area contributed by atoms with Gasteiger partial charge < -0.3 is 11.1 Å². The lowest BCUT2D eigenvalue weighted by Gasteiger charge is -2.11. The molecule has 0 saturated heterocycles. The van der Waals surface area contributed by atoms with Gasteiger partial charge in [-0.3, -0.25) is 0 Å². The van der Waals surface area contributed by atoms with Crippen molar-refractivity contribution in [2.75, 3.05) is 11.1 Å². The zero-order valence-electron chi connectivity index (χ0n) is 16.9. The summed E-state index contributed by atoms with van der Waals surface area (Å²) in [5, 5.41) is 16.9. The van der Waals surface area contributed by atoms with E-state index in [0.29, 0.717) is 45.5 Å². The summed E-state index contributed by atoms with van der Waals surface area (Å²) in [4.78, 5) is 22.1. The highest BCUT2D eigenvalue weighted by molar-refractivity contribution is 5.89. The van der Waals surface area contributed by atoms with Gasteiger partial charge in [-0.2, -0.15) is 14.8 Å². The van der Waals surface area contributed by atoms with Crippen LogP contribution in [0.15, 0.2) is 61.1 Å². The maximum absolute atomic E-state index is 9.33. The van der Waals surface area contributed by atoms with Crippen LogP contribution in [-0.4, -0.2) is 34.5 Å². The molecule has 10 nitrogen and oxygen atoms in total. The number of benzene rings is 1. The lowest BCUT2D eigenvalue weighted by molar-refractivity contribution is 0.943. The molecule has 0 unspecified atom stereocenters. The second-order valence-corrected chi connectivity index (χ2v) is 6.94. The largest absolute Gasteiger partial charge is 0.368 e. The molecule has 0 aliphatic heterocycles. The topological polar surface area (TPSA) is 144 Å². The molecule has 4 heterocycles. The zero-order chi connectivity index (χ0) is 22.1. The van der Waals surface area contributed by atoms with E-state index in [4.69, 9.17) is 5.73 Å². The van der Waals surface area contributed by atoms with E-state index in [0.717, 1.165) is 5.69 Å². The SMILES string of the molecule is Cc1cccc(Nc2nc3c(-c4ccncn4)c(-c4cccc(C#N)c4)nc(N)n3n2)n1. The third kappa shape index (κ3) is 3.44. The number of nitrogens with one attached hydrogen (secondary N) is 1. The number of hydrogen-bond acceptors (Lipinski definition) is 9. The van der Waals surface area contributed by atoms with Gasteiger partial charge in [0, 0.05) is 17.5 Å². The Balaban J connectivity index is 1.74. The normalized spacial score (nSPS) is 10.8. The number of pyridine rings is 1. The Morgan fingerprint density at radius 2 is 1.94 bits per heavy atom. The summed E-state index contributed by atoms with van der Waals surface area (Å²) in [6, 6.07) is 16.6. The number of fused-ring (bicyclic) bond motifs is 1. The van der Waals surface area contributed by atoms with E-state index in [2.05, 4.69) is 41.4 Å². The van der Waals surface area contributed by atoms with E-state index in [-0.39, 0.29) is 5.95 Å². The van der Waals surface area contributed by atoms with Crippen LogP contribution in [-0.2, 0) is 0 Å². The van der Waals surface area contributed by atoms with Gasteiger partial charge in [0.2, 0.25) is 11.9 Å². The average Bonchev–Trinajstić information content (AvgIpc) is 3.23. The molecule has 3 N–H and O–H groups in total. The molecule has 5 aromatic rings. The second kappa shape index (κ2) is 7.73. The monoisotopic (exact) mass is 420 g/mol. The highest BCUT2D eigenvalue weighted by Gasteiger charge is 2.21. The number of aromatic nitrogens is 7. The molecular weight excluding hydrogens is 404 g/mol. The molecule has 0 aliphatic carbocycles. The maximum atomic E-state index is 9.33. The molecule has 0 atom stereocenters. The van der Waals surface area contributed by atoms with Crippen LogP contribution in [0, 0.1) is 18.3 Å². The van der Waals surface area contributed by atoms with E-state index < -0.39 is 0 Å². The van der Waals surface area contributed by atoms with Crippen molar-refractivity contribution in [3.05, 3.63) is 72.3 Å². The Morgan fingerprint density at radius 1 is 1.06 bits per heavy atom. The molecule has 154 valence electrons. The van der Waals surface area contributed by atoms with Crippen molar-refractivity contribution in [2.45, 2.75) is 6.92 Å². The van der Waals surface area contributed by atoms with Crippen LogP contribution in [0.3, 0.4) is 0 Å². The van der Waals surface area contributed by atoms with Crippen molar-refractivity contribution in [2.24, 2.45) is 0 Å². The van der Waals surface area contributed by atoms with Crippen molar-refractivity contribution in [1.29, 1.82) is 5.26 Å². The fourth-order valence-corrected chi connectivity index (χ4v) is 3.36. The number of rotatable bonds is 4. The molecule has 4 aromatic heterocycles. The van der Waals surface area contributed by atoms with E-state index in [1.54, 1.807) is 30.5 Å². The molecule has 0 saturated carbocycles. The van der Waals surface area contributed by atoms with Crippen LogP contribution in [0.1, 0.15) is 11.3 Å². The summed E-state index contributed by atoms with van der Waals surface area (Å²) in [6.07, 6.45) is 3.08. The number of nitrogens with two attached hydrogens (primary N) is 1. The van der Waals surface area contributed by atoms with Gasteiger partial charge in [-0.15, -0.1) is 5.10 Å². The Bertz CT molecular complexity index is 1480. The number of aryl methyl sites for hydroxylation is 1. The van der Waals surface area contributed by atoms with Gasteiger partial charge in [-0.25, -0.2) is 19.9 Å². The average molecular weight is 420 g/mol. The summed E-state index contributed by atoms with van der Waals surface area (Å²) < 4.78 is 1.45. The third-order valence-electron chi connectivity index (χ3n) is 4.74. The van der Waals surface area contributed by atoms with E-state index in [9.17, 15) is 5.26 Å². The molecule has 0 bridgehead atoms. The van der Waals surface area contributed by atoms with Crippen LogP contribution >= 0.6 is 0 Å². The van der Waals surface area contributed by atoms with Crippen LogP contribution in [0.2, 0.25) is 0 Å². The highest BCUT2D eigenvalue weighted by Crippen LogP contribution is 2.34. The minimum atomic E-state index is 0.146. The van der Waals surface area contributed by atoms with Crippen molar-refractivity contribution in [3.8, 4) is 28.6 Å². The standard InChI is InChI=1S/C22H16N10/c1-13-4-2-7-17(27-13)28-22-30-20-18(16-8-9-25-12-26-16)19(29-21(24)32(20)31-22)15-6-3-5-14(10-15)11-23/h2-10,12H,1H3,(H2,24,29)(H,27,28,31). The number of nitrogens with zero attached hydrogens (tertiary/aromatic N) is 8. The van der Waals surface area contributed by atoms with Gasteiger partial charge >= 0.3 is 0 Å². The first-order valence-electron chi connectivity index (χ1n) is 9.66. The van der Waals surface area contributed by atoms with E-state index >= 15 is 0 Å². The van der Waals surface area contributed by atoms with Gasteiger partial charge in [0.1, 0.15) is 12.1 Å². The second-order valence-electron chi connectivity index (χ2n) is 6.94. The Morgan fingerprint density at radius 3 is 2.72 bits per heavy atom. The molecule has 0 spiro atoms. The predicted molar refractivity (Wildman–Crippen MR) is 119 cm³/mol. The molecule has 1 aromatic carbocycles. The molecule has 5 rings (SSSR count). The molecule has 32 heavy (non-hydrogen) atoms. The first kappa shape index (κ1) is 19.1. The fourth-order valence-electron chi connectivity index (χ4n) is 3.36.